The van der Waals surface area contributed by atoms with Crippen molar-refractivity contribution in [2.24, 2.45) is 7.05 Å². The number of hydrogen-bond donors (Lipinski definition) is 0. The van der Waals surface area contributed by atoms with Crippen LogP contribution in [0.25, 0.3) is 38.0 Å². The zero-order chi connectivity index (χ0) is 19.0. The fourth-order valence-electron chi connectivity index (χ4n) is 3.65. The highest BCUT2D eigenvalue weighted by molar-refractivity contribution is 5.96. The Bertz CT molecular complexity index is 1200. The Morgan fingerprint density at radius 1 is 0.815 bits per heavy atom. The lowest BCUT2D eigenvalue weighted by atomic mass is 9.94. The molecule has 1 heterocycles. The minimum atomic E-state index is 0.677. The summed E-state index contributed by atoms with van der Waals surface area (Å²) < 4.78 is 2.25. The van der Waals surface area contributed by atoms with E-state index in [0.717, 1.165) is 5.39 Å². The maximum Gasteiger partial charge on any atom is 0.220 e. The molecule has 0 fully saturated rings. The number of hydrogen-bond acceptors (Lipinski definition) is 0. The summed E-state index contributed by atoms with van der Waals surface area (Å²) in [7, 11) is 2.11. The number of aromatic nitrogens is 1. The molecule has 0 aliphatic heterocycles. The molecule has 4 rings (SSSR count). The predicted octanol–water partition coefficient (Wildman–Crippen LogP) is 6.17. The lowest BCUT2D eigenvalue weighted by molar-refractivity contribution is -0.665. The first-order valence-electron chi connectivity index (χ1n) is 9.06. The minimum Gasteiger partial charge on any atom is -0.238 e. The zero-order valence-corrected chi connectivity index (χ0v) is 15.8. The van der Waals surface area contributed by atoms with Gasteiger partial charge in [-0.2, -0.15) is 4.57 Å². The largest absolute Gasteiger partial charge is 0.238 e. The second kappa shape index (κ2) is 6.70. The van der Waals surface area contributed by atoms with E-state index in [2.05, 4.69) is 84.9 Å². The number of benzene rings is 3. The average molecular weight is 349 g/mol. The minimum absolute atomic E-state index is 0.677. The molecule has 0 spiro atoms. The van der Waals surface area contributed by atoms with Crippen LogP contribution in [0.2, 0.25) is 0 Å². The van der Waals surface area contributed by atoms with E-state index >= 15 is 0 Å². The van der Waals surface area contributed by atoms with Gasteiger partial charge >= 0.3 is 0 Å². The summed E-state index contributed by atoms with van der Waals surface area (Å²) in [6, 6.07) is 25.3. The molecule has 0 unspecified atom stereocenters. The van der Waals surface area contributed by atoms with Crippen LogP contribution in [-0.4, -0.2) is 0 Å². The molecule has 0 radical (unpaired) electrons. The van der Waals surface area contributed by atoms with E-state index in [-0.39, 0.29) is 0 Å². The molecule has 2 heteroatoms. The van der Waals surface area contributed by atoms with E-state index in [0.29, 0.717) is 5.69 Å². The van der Waals surface area contributed by atoms with Crippen LogP contribution in [0.1, 0.15) is 11.3 Å². The second-order valence-electron chi connectivity index (χ2n) is 6.97. The van der Waals surface area contributed by atoms with Gasteiger partial charge in [-0.25, -0.2) is 4.85 Å². The van der Waals surface area contributed by atoms with Gasteiger partial charge in [-0.15, -0.1) is 0 Å². The molecule has 0 saturated carbocycles. The van der Waals surface area contributed by atoms with Gasteiger partial charge in [-0.1, -0.05) is 54.6 Å². The second-order valence-corrected chi connectivity index (χ2v) is 6.97. The van der Waals surface area contributed by atoms with Crippen molar-refractivity contribution < 1.29 is 4.57 Å². The molecule has 0 atom stereocenters. The SMILES string of the molecule is [C-]#[N+]c1ccc2c(-c3cc(-c4ccccc4)ccc3C)[n+](C)c(C)cc2c1. The van der Waals surface area contributed by atoms with Crippen LogP contribution in [0.3, 0.4) is 0 Å². The van der Waals surface area contributed by atoms with Gasteiger partial charge in [0.05, 0.1) is 17.5 Å². The molecule has 2 nitrogen and oxygen atoms in total. The normalized spacial score (nSPS) is 10.7. The van der Waals surface area contributed by atoms with E-state index < -0.39 is 0 Å². The average Bonchev–Trinajstić information content (AvgIpc) is 2.70. The van der Waals surface area contributed by atoms with Gasteiger partial charge in [0.25, 0.3) is 0 Å². The molecule has 0 aliphatic rings. The summed E-state index contributed by atoms with van der Waals surface area (Å²) in [6.45, 7) is 11.6. The van der Waals surface area contributed by atoms with E-state index in [4.69, 9.17) is 6.57 Å². The van der Waals surface area contributed by atoms with Gasteiger partial charge in [-0.05, 0) is 41.1 Å². The summed E-state index contributed by atoms with van der Waals surface area (Å²) in [4.78, 5) is 3.59. The van der Waals surface area contributed by atoms with Crippen LogP contribution >= 0.6 is 0 Å². The van der Waals surface area contributed by atoms with Crippen molar-refractivity contribution in [2.45, 2.75) is 13.8 Å². The quantitative estimate of drug-likeness (QED) is 0.302. The van der Waals surface area contributed by atoms with E-state index in [9.17, 15) is 0 Å². The molecule has 0 N–H and O–H groups in total. The topological polar surface area (TPSA) is 8.24 Å². The number of fused-ring (bicyclic) bond motifs is 1. The monoisotopic (exact) mass is 349 g/mol. The Hall–Kier alpha value is -3.44. The van der Waals surface area contributed by atoms with Crippen molar-refractivity contribution >= 4 is 16.5 Å². The third-order valence-corrected chi connectivity index (χ3v) is 5.25. The van der Waals surface area contributed by atoms with E-state index in [1.807, 2.05) is 18.2 Å². The molecule has 1 aromatic heterocycles. The molecule has 130 valence electrons. The Labute approximate surface area is 160 Å². The standard InChI is InChI=1S/C25H21N2/c1-17-10-11-20(19-8-6-5-7-9-19)16-24(17)25-23-13-12-22(26-3)15-21(23)14-18(2)27(25)4/h5-16H,1-2,4H3/q+1. The molecule has 0 bridgehead atoms. The molecular formula is C25H21N2+. The van der Waals surface area contributed by atoms with Crippen molar-refractivity contribution in [2.75, 3.05) is 0 Å². The highest BCUT2D eigenvalue weighted by atomic mass is 14.9. The van der Waals surface area contributed by atoms with E-state index in [1.54, 1.807) is 0 Å². The molecular weight excluding hydrogens is 328 g/mol. The van der Waals surface area contributed by atoms with Crippen LogP contribution in [-0.2, 0) is 7.05 Å². The number of nitrogens with zero attached hydrogens (tertiary/aromatic N) is 2. The lowest BCUT2D eigenvalue weighted by Gasteiger charge is -2.12. The van der Waals surface area contributed by atoms with Crippen molar-refractivity contribution in [1.82, 2.24) is 0 Å². The third-order valence-electron chi connectivity index (χ3n) is 5.25. The third kappa shape index (κ3) is 2.98. The molecule has 0 aliphatic carbocycles. The Kier molecular flexibility index (Phi) is 4.22. The summed E-state index contributed by atoms with van der Waals surface area (Å²) >= 11 is 0. The summed E-state index contributed by atoms with van der Waals surface area (Å²) in [5.41, 5.74) is 7.93. The smallest absolute Gasteiger partial charge is 0.220 e. The Morgan fingerprint density at radius 2 is 1.59 bits per heavy atom. The van der Waals surface area contributed by atoms with Crippen LogP contribution < -0.4 is 4.57 Å². The van der Waals surface area contributed by atoms with Gasteiger partial charge < -0.3 is 0 Å². The maximum atomic E-state index is 7.31. The van der Waals surface area contributed by atoms with Crippen LogP contribution in [0, 0.1) is 20.4 Å². The van der Waals surface area contributed by atoms with Crippen LogP contribution in [0.15, 0.2) is 72.8 Å². The van der Waals surface area contributed by atoms with Crippen molar-refractivity contribution in [3.05, 3.63) is 95.5 Å². The van der Waals surface area contributed by atoms with Crippen LogP contribution in [0.5, 0.6) is 0 Å². The number of pyridine rings is 1. The molecule has 4 aromatic rings. The highest BCUT2D eigenvalue weighted by Crippen LogP contribution is 2.33. The number of rotatable bonds is 2. The van der Waals surface area contributed by atoms with Gasteiger partial charge in [-0.3, -0.25) is 0 Å². The van der Waals surface area contributed by atoms with Gasteiger partial charge in [0.15, 0.2) is 11.4 Å². The maximum absolute atomic E-state index is 7.31. The van der Waals surface area contributed by atoms with Crippen molar-refractivity contribution in [3.8, 4) is 22.4 Å². The molecule has 3 aromatic carbocycles. The first-order chi connectivity index (χ1) is 13.1. The Morgan fingerprint density at radius 3 is 2.33 bits per heavy atom. The number of aryl methyl sites for hydroxylation is 2. The van der Waals surface area contributed by atoms with Gasteiger partial charge in [0, 0.05) is 13.0 Å². The summed E-state index contributed by atoms with van der Waals surface area (Å²) in [6.07, 6.45) is 0. The predicted molar refractivity (Wildman–Crippen MR) is 112 cm³/mol. The first kappa shape index (κ1) is 17.0. The fourth-order valence-corrected chi connectivity index (χ4v) is 3.65. The zero-order valence-electron chi connectivity index (χ0n) is 15.8. The van der Waals surface area contributed by atoms with Gasteiger partial charge in [0.1, 0.15) is 7.05 Å². The van der Waals surface area contributed by atoms with E-state index in [1.165, 1.54) is 39.0 Å². The fraction of sp³-hybridized carbons (Fsp3) is 0.120. The summed E-state index contributed by atoms with van der Waals surface area (Å²) in [5, 5.41) is 2.28. The lowest BCUT2D eigenvalue weighted by Crippen LogP contribution is -2.35. The molecule has 27 heavy (non-hydrogen) atoms. The van der Waals surface area contributed by atoms with Crippen molar-refractivity contribution in [3.63, 3.8) is 0 Å². The highest BCUT2D eigenvalue weighted by Gasteiger charge is 2.20. The van der Waals surface area contributed by atoms with Crippen molar-refractivity contribution in [1.29, 1.82) is 0 Å². The van der Waals surface area contributed by atoms with Gasteiger partial charge in [0.2, 0.25) is 5.69 Å². The molecule has 0 saturated heterocycles. The first-order valence-corrected chi connectivity index (χ1v) is 9.06. The Balaban J connectivity index is 2.02. The summed E-state index contributed by atoms with van der Waals surface area (Å²) in [5.74, 6) is 0. The van der Waals surface area contributed by atoms with Crippen LogP contribution in [0.4, 0.5) is 5.69 Å². The molecule has 0 amide bonds.